The van der Waals surface area contributed by atoms with E-state index in [1.54, 1.807) is 0 Å². The number of piperidine rings is 1. The van der Waals surface area contributed by atoms with Crippen LogP contribution in [0.25, 0.3) is 0 Å². The lowest BCUT2D eigenvalue weighted by atomic mass is 9.91. The summed E-state index contributed by atoms with van der Waals surface area (Å²) in [6, 6.07) is 6.33. The number of hydrogen-bond acceptors (Lipinski definition) is 2. The summed E-state index contributed by atoms with van der Waals surface area (Å²) in [6.07, 6.45) is 3.05. The maximum Gasteiger partial charge on any atom is 0.254 e. The lowest BCUT2D eigenvalue weighted by molar-refractivity contribution is -0.124. The van der Waals surface area contributed by atoms with E-state index in [0.29, 0.717) is 6.04 Å². The van der Waals surface area contributed by atoms with E-state index in [4.69, 9.17) is 0 Å². The van der Waals surface area contributed by atoms with E-state index >= 15 is 0 Å². The highest BCUT2D eigenvalue weighted by Gasteiger charge is 2.56. The summed E-state index contributed by atoms with van der Waals surface area (Å²) >= 11 is 0. The van der Waals surface area contributed by atoms with Gasteiger partial charge < -0.3 is 10.2 Å². The van der Waals surface area contributed by atoms with Gasteiger partial charge in [-0.05, 0) is 50.2 Å². The summed E-state index contributed by atoms with van der Waals surface area (Å²) in [5.41, 5.74) is 3.29. The number of benzene rings is 1. The Hall–Kier alpha value is -1.84. The van der Waals surface area contributed by atoms with Crippen molar-refractivity contribution in [2.45, 2.75) is 53.0 Å². The zero-order valence-corrected chi connectivity index (χ0v) is 15.2. The van der Waals surface area contributed by atoms with Gasteiger partial charge >= 0.3 is 0 Å². The predicted octanol–water partition coefficient (Wildman–Crippen LogP) is 3.07. The molecule has 3 rings (SSSR count). The molecule has 2 amide bonds. The van der Waals surface area contributed by atoms with Crippen LogP contribution in [0.3, 0.4) is 0 Å². The topological polar surface area (TPSA) is 49.4 Å². The van der Waals surface area contributed by atoms with E-state index in [2.05, 4.69) is 11.4 Å². The standard InChI is InChI=1S/C20H28N2O2/c1-13(2)18(23)21-17-12-20(17)7-9-22(10-8-20)19(24)16-6-5-14(3)11-15(16)4/h5-6,11,13,17H,7-10,12H2,1-4H3,(H,21,23). The van der Waals surface area contributed by atoms with Crippen LogP contribution in [-0.2, 0) is 4.79 Å². The summed E-state index contributed by atoms with van der Waals surface area (Å²) in [6.45, 7) is 9.49. The Kier molecular flexibility index (Phi) is 4.41. The fraction of sp³-hybridized carbons (Fsp3) is 0.600. The van der Waals surface area contributed by atoms with E-state index in [-0.39, 0.29) is 23.1 Å². The highest BCUT2D eigenvalue weighted by molar-refractivity contribution is 5.95. The fourth-order valence-electron chi connectivity index (χ4n) is 3.82. The number of nitrogens with one attached hydrogen (secondary N) is 1. The zero-order valence-electron chi connectivity index (χ0n) is 15.2. The minimum absolute atomic E-state index is 0.0360. The molecular weight excluding hydrogens is 300 g/mol. The number of rotatable bonds is 3. The molecule has 0 radical (unpaired) electrons. The maximum atomic E-state index is 12.8. The fourth-order valence-corrected chi connectivity index (χ4v) is 3.82. The molecular formula is C20H28N2O2. The van der Waals surface area contributed by atoms with Crippen molar-refractivity contribution >= 4 is 11.8 Å². The number of carbonyl (C=O) groups is 2. The molecule has 1 unspecified atom stereocenters. The second kappa shape index (κ2) is 6.23. The Balaban J connectivity index is 1.58. The Labute approximate surface area is 144 Å². The van der Waals surface area contributed by atoms with Crippen LogP contribution in [0.15, 0.2) is 18.2 Å². The van der Waals surface area contributed by atoms with Gasteiger partial charge in [-0.2, -0.15) is 0 Å². The minimum atomic E-state index is 0.0360. The van der Waals surface area contributed by atoms with Crippen molar-refractivity contribution in [1.82, 2.24) is 10.2 Å². The number of amides is 2. The lowest BCUT2D eigenvalue weighted by Gasteiger charge is -2.33. The van der Waals surface area contributed by atoms with Crippen LogP contribution >= 0.6 is 0 Å². The molecule has 1 heterocycles. The lowest BCUT2D eigenvalue weighted by Crippen LogP contribution is -2.42. The molecule has 4 nitrogen and oxygen atoms in total. The molecule has 0 aromatic heterocycles. The van der Waals surface area contributed by atoms with Crippen molar-refractivity contribution in [3.63, 3.8) is 0 Å². The van der Waals surface area contributed by atoms with Crippen LogP contribution in [0.5, 0.6) is 0 Å². The van der Waals surface area contributed by atoms with Gasteiger partial charge in [0.25, 0.3) is 5.91 Å². The second-order valence-electron chi connectivity index (χ2n) is 7.89. The van der Waals surface area contributed by atoms with Crippen molar-refractivity contribution in [2.75, 3.05) is 13.1 Å². The highest BCUT2D eigenvalue weighted by Crippen LogP contribution is 2.54. The van der Waals surface area contributed by atoms with Crippen molar-refractivity contribution < 1.29 is 9.59 Å². The molecule has 2 fully saturated rings. The summed E-state index contributed by atoms with van der Waals surface area (Å²) in [5.74, 6) is 0.324. The smallest absolute Gasteiger partial charge is 0.254 e. The Morgan fingerprint density at radius 2 is 1.88 bits per heavy atom. The SMILES string of the molecule is Cc1ccc(C(=O)N2CCC3(CC2)CC3NC(=O)C(C)C)c(C)c1. The average Bonchev–Trinajstić information content (AvgIpc) is 3.18. The summed E-state index contributed by atoms with van der Waals surface area (Å²) in [7, 11) is 0. The number of likely N-dealkylation sites (tertiary alicyclic amines) is 1. The van der Waals surface area contributed by atoms with Crippen LogP contribution in [0, 0.1) is 25.2 Å². The largest absolute Gasteiger partial charge is 0.353 e. The number of nitrogens with zero attached hydrogens (tertiary/aromatic N) is 1. The van der Waals surface area contributed by atoms with Crippen LogP contribution in [0.4, 0.5) is 0 Å². The van der Waals surface area contributed by atoms with Crippen molar-refractivity contribution in [3.05, 3.63) is 34.9 Å². The third kappa shape index (κ3) is 3.19. The van der Waals surface area contributed by atoms with Gasteiger partial charge in [-0.1, -0.05) is 31.5 Å². The first-order valence-electron chi connectivity index (χ1n) is 8.99. The molecule has 1 spiro atoms. The zero-order chi connectivity index (χ0) is 17.5. The third-order valence-corrected chi connectivity index (χ3v) is 5.69. The number of aryl methyl sites for hydroxylation is 2. The van der Waals surface area contributed by atoms with Gasteiger partial charge in [0, 0.05) is 30.6 Å². The Bertz CT molecular complexity index is 658. The average molecular weight is 328 g/mol. The minimum Gasteiger partial charge on any atom is -0.353 e. The monoisotopic (exact) mass is 328 g/mol. The second-order valence-corrected chi connectivity index (χ2v) is 7.89. The molecule has 1 aromatic rings. The van der Waals surface area contributed by atoms with Crippen molar-refractivity contribution in [1.29, 1.82) is 0 Å². The van der Waals surface area contributed by atoms with Gasteiger partial charge in [-0.25, -0.2) is 0 Å². The first kappa shape index (κ1) is 17.0. The predicted molar refractivity (Wildman–Crippen MR) is 94.9 cm³/mol. The first-order valence-corrected chi connectivity index (χ1v) is 8.99. The third-order valence-electron chi connectivity index (χ3n) is 5.69. The van der Waals surface area contributed by atoms with Gasteiger partial charge in [0.1, 0.15) is 0 Å². The van der Waals surface area contributed by atoms with Crippen LogP contribution in [0.2, 0.25) is 0 Å². The number of hydrogen-bond donors (Lipinski definition) is 1. The van der Waals surface area contributed by atoms with Crippen LogP contribution < -0.4 is 5.32 Å². The van der Waals surface area contributed by atoms with E-state index in [1.807, 2.05) is 44.7 Å². The molecule has 1 N–H and O–H groups in total. The molecule has 1 aromatic carbocycles. The quantitative estimate of drug-likeness (QED) is 0.927. The molecule has 1 saturated heterocycles. The molecule has 4 heteroatoms. The summed E-state index contributed by atoms with van der Waals surface area (Å²) in [4.78, 5) is 26.6. The molecule has 0 bridgehead atoms. The molecule has 1 aliphatic carbocycles. The number of carbonyl (C=O) groups excluding carboxylic acids is 2. The van der Waals surface area contributed by atoms with E-state index in [1.165, 1.54) is 5.56 Å². The molecule has 1 atom stereocenters. The van der Waals surface area contributed by atoms with Gasteiger partial charge in [0.05, 0.1) is 0 Å². The summed E-state index contributed by atoms with van der Waals surface area (Å²) in [5, 5.41) is 3.16. The van der Waals surface area contributed by atoms with Gasteiger partial charge in [0.2, 0.25) is 5.91 Å². The first-order chi connectivity index (χ1) is 11.3. The maximum absolute atomic E-state index is 12.8. The Morgan fingerprint density at radius 1 is 1.21 bits per heavy atom. The molecule has 1 aliphatic heterocycles. The van der Waals surface area contributed by atoms with Gasteiger partial charge in [0.15, 0.2) is 0 Å². The molecule has 1 saturated carbocycles. The van der Waals surface area contributed by atoms with Gasteiger partial charge in [-0.15, -0.1) is 0 Å². The molecule has 2 aliphatic rings. The van der Waals surface area contributed by atoms with E-state index in [9.17, 15) is 9.59 Å². The normalized spacial score (nSPS) is 21.9. The highest BCUT2D eigenvalue weighted by atomic mass is 16.2. The molecule has 24 heavy (non-hydrogen) atoms. The van der Waals surface area contributed by atoms with Crippen LogP contribution in [-0.4, -0.2) is 35.8 Å². The summed E-state index contributed by atoms with van der Waals surface area (Å²) < 4.78 is 0. The van der Waals surface area contributed by atoms with Crippen molar-refractivity contribution in [3.8, 4) is 0 Å². The van der Waals surface area contributed by atoms with E-state index < -0.39 is 0 Å². The van der Waals surface area contributed by atoms with Gasteiger partial charge in [-0.3, -0.25) is 9.59 Å². The Morgan fingerprint density at radius 3 is 2.46 bits per heavy atom. The van der Waals surface area contributed by atoms with Crippen LogP contribution in [0.1, 0.15) is 54.6 Å². The van der Waals surface area contributed by atoms with E-state index in [0.717, 1.165) is 43.5 Å². The molecule has 130 valence electrons. The van der Waals surface area contributed by atoms with Crippen molar-refractivity contribution in [2.24, 2.45) is 11.3 Å².